The van der Waals surface area contributed by atoms with Gasteiger partial charge in [-0.25, -0.2) is 0 Å². The van der Waals surface area contributed by atoms with Gasteiger partial charge in [0.05, 0.1) is 13.2 Å². The quantitative estimate of drug-likeness (QED) is 0.378. The van der Waals surface area contributed by atoms with E-state index in [1.54, 1.807) is 0 Å². The SMILES string of the molecule is C[Si](C)(C)O[Si](C)(CCCCCOCC(O)CO)O[Si](C)(C)C. The number of hydrogen-bond donors (Lipinski definition) is 2. The number of aliphatic hydroxyl groups excluding tert-OH is 2. The van der Waals surface area contributed by atoms with Crippen LogP contribution in [-0.4, -0.2) is 61.3 Å². The molecule has 0 aliphatic heterocycles. The van der Waals surface area contributed by atoms with Gasteiger partial charge in [-0.05, 0) is 58.3 Å². The zero-order valence-corrected chi connectivity index (χ0v) is 19.1. The molecule has 0 saturated heterocycles. The minimum Gasteiger partial charge on any atom is -0.437 e. The molecular formula is C15H38O5Si3. The lowest BCUT2D eigenvalue weighted by atomic mass is 10.3. The fourth-order valence-electron chi connectivity index (χ4n) is 2.52. The summed E-state index contributed by atoms with van der Waals surface area (Å²) in [7, 11) is -5.32. The molecule has 23 heavy (non-hydrogen) atoms. The van der Waals surface area contributed by atoms with E-state index in [-0.39, 0.29) is 13.2 Å². The molecule has 0 aromatic heterocycles. The maximum atomic E-state index is 9.19. The van der Waals surface area contributed by atoms with Gasteiger partial charge in [-0.2, -0.15) is 0 Å². The first-order chi connectivity index (χ1) is 10.4. The van der Waals surface area contributed by atoms with Crippen molar-refractivity contribution in [1.82, 2.24) is 0 Å². The van der Waals surface area contributed by atoms with Crippen LogP contribution in [0.15, 0.2) is 0 Å². The minimum absolute atomic E-state index is 0.209. The highest BCUT2D eigenvalue weighted by atomic mass is 28.5. The highest BCUT2D eigenvalue weighted by molar-refractivity contribution is 6.87. The van der Waals surface area contributed by atoms with Crippen molar-refractivity contribution in [2.24, 2.45) is 0 Å². The molecule has 0 bridgehead atoms. The smallest absolute Gasteiger partial charge is 0.314 e. The summed E-state index contributed by atoms with van der Waals surface area (Å²) >= 11 is 0. The van der Waals surface area contributed by atoms with E-state index in [2.05, 4.69) is 45.8 Å². The standard InChI is InChI=1S/C15H38O5Si3/c1-21(2,3)19-23(7,20-22(4,5)6)12-10-8-9-11-18-14-15(17)13-16/h15-17H,8-14H2,1-7H3. The normalized spacial score (nSPS) is 15.0. The van der Waals surface area contributed by atoms with Gasteiger partial charge in [-0.3, -0.25) is 0 Å². The molecule has 0 amide bonds. The summed E-state index contributed by atoms with van der Waals surface area (Å²) in [6, 6.07) is 1.03. The minimum atomic E-state index is -2.10. The Labute approximate surface area is 145 Å². The van der Waals surface area contributed by atoms with Crippen LogP contribution in [-0.2, 0) is 13.0 Å². The lowest BCUT2D eigenvalue weighted by Crippen LogP contribution is -2.52. The summed E-state index contributed by atoms with van der Waals surface area (Å²) < 4.78 is 18.3. The Kier molecular flexibility index (Phi) is 10.6. The molecule has 0 saturated carbocycles. The average Bonchev–Trinajstić information content (AvgIpc) is 2.32. The number of rotatable bonds is 13. The molecule has 0 aromatic rings. The van der Waals surface area contributed by atoms with Crippen molar-refractivity contribution in [3.05, 3.63) is 0 Å². The molecule has 1 atom stereocenters. The predicted octanol–water partition coefficient (Wildman–Crippen LogP) is 3.30. The third-order valence-corrected chi connectivity index (χ3v) is 12.6. The molecule has 8 heteroatoms. The topological polar surface area (TPSA) is 68.2 Å². The van der Waals surface area contributed by atoms with Gasteiger partial charge in [-0.15, -0.1) is 0 Å². The molecule has 0 aliphatic carbocycles. The van der Waals surface area contributed by atoms with Crippen LogP contribution in [0.25, 0.3) is 0 Å². The molecule has 0 rings (SSSR count). The second kappa shape index (κ2) is 10.4. The van der Waals surface area contributed by atoms with Crippen molar-refractivity contribution in [2.75, 3.05) is 19.8 Å². The van der Waals surface area contributed by atoms with Gasteiger partial charge >= 0.3 is 8.56 Å². The van der Waals surface area contributed by atoms with Gasteiger partial charge in [0.25, 0.3) is 0 Å². The Bertz CT molecular complexity index is 299. The molecular weight excluding hydrogens is 344 g/mol. The summed E-state index contributed by atoms with van der Waals surface area (Å²) in [5.74, 6) is 0. The molecule has 2 N–H and O–H groups in total. The maximum Gasteiger partial charge on any atom is 0.314 e. The zero-order valence-electron chi connectivity index (χ0n) is 16.1. The van der Waals surface area contributed by atoms with Crippen molar-refractivity contribution >= 4 is 25.2 Å². The lowest BCUT2D eigenvalue weighted by molar-refractivity contribution is 0.00532. The predicted molar refractivity (Wildman–Crippen MR) is 103 cm³/mol. The zero-order chi connectivity index (χ0) is 18.1. The van der Waals surface area contributed by atoms with E-state index in [0.717, 1.165) is 25.3 Å². The first-order valence-electron chi connectivity index (χ1n) is 8.64. The molecule has 0 heterocycles. The number of aliphatic hydroxyl groups is 2. The number of unbranched alkanes of at least 4 members (excludes halogenated alkanes) is 2. The van der Waals surface area contributed by atoms with Crippen LogP contribution in [0.1, 0.15) is 19.3 Å². The molecule has 0 aromatic carbocycles. The summed E-state index contributed by atoms with van der Waals surface area (Å²) in [4.78, 5) is 0. The lowest BCUT2D eigenvalue weighted by Gasteiger charge is -2.38. The molecule has 0 spiro atoms. The Balaban J connectivity index is 4.15. The Morgan fingerprint density at radius 2 is 1.35 bits per heavy atom. The van der Waals surface area contributed by atoms with Crippen LogP contribution in [0.3, 0.4) is 0 Å². The largest absolute Gasteiger partial charge is 0.437 e. The summed E-state index contributed by atoms with van der Waals surface area (Å²) in [5, 5.41) is 17.9. The van der Waals surface area contributed by atoms with E-state index >= 15 is 0 Å². The Hall–Kier alpha value is 0.451. The number of hydrogen-bond acceptors (Lipinski definition) is 5. The van der Waals surface area contributed by atoms with Crippen molar-refractivity contribution in [1.29, 1.82) is 0 Å². The van der Waals surface area contributed by atoms with Crippen LogP contribution in [0.2, 0.25) is 51.9 Å². The molecule has 0 radical (unpaired) electrons. The molecule has 140 valence electrons. The van der Waals surface area contributed by atoms with Crippen molar-refractivity contribution in [3.63, 3.8) is 0 Å². The van der Waals surface area contributed by atoms with Crippen LogP contribution < -0.4 is 0 Å². The van der Waals surface area contributed by atoms with Gasteiger partial charge in [0.1, 0.15) is 6.10 Å². The maximum absolute atomic E-state index is 9.19. The van der Waals surface area contributed by atoms with Crippen LogP contribution >= 0.6 is 0 Å². The van der Waals surface area contributed by atoms with E-state index in [0.29, 0.717) is 6.61 Å². The van der Waals surface area contributed by atoms with Crippen LogP contribution in [0, 0.1) is 0 Å². The average molecular weight is 383 g/mol. The number of ether oxygens (including phenoxy) is 1. The molecule has 0 fully saturated rings. The monoisotopic (exact) mass is 382 g/mol. The molecule has 0 aliphatic rings. The van der Waals surface area contributed by atoms with Gasteiger partial charge < -0.3 is 23.2 Å². The first kappa shape index (κ1) is 23.5. The van der Waals surface area contributed by atoms with Gasteiger partial charge in [0.15, 0.2) is 16.6 Å². The van der Waals surface area contributed by atoms with Crippen LogP contribution in [0.4, 0.5) is 0 Å². The van der Waals surface area contributed by atoms with Crippen molar-refractivity contribution in [2.45, 2.75) is 77.2 Å². The van der Waals surface area contributed by atoms with Crippen molar-refractivity contribution in [3.8, 4) is 0 Å². The van der Waals surface area contributed by atoms with Gasteiger partial charge in [0.2, 0.25) is 0 Å². The highest BCUT2D eigenvalue weighted by Gasteiger charge is 2.39. The van der Waals surface area contributed by atoms with E-state index in [1.807, 2.05) is 0 Å². The highest BCUT2D eigenvalue weighted by Crippen LogP contribution is 2.26. The molecule has 5 nitrogen and oxygen atoms in total. The summed E-state index contributed by atoms with van der Waals surface area (Å²) in [6.45, 7) is 16.2. The summed E-state index contributed by atoms with van der Waals surface area (Å²) in [6.07, 6.45) is 2.36. The Morgan fingerprint density at radius 1 is 0.826 bits per heavy atom. The third-order valence-electron chi connectivity index (χ3n) is 2.98. The summed E-state index contributed by atoms with van der Waals surface area (Å²) in [5.41, 5.74) is 0. The van der Waals surface area contributed by atoms with E-state index < -0.39 is 31.3 Å². The Morgan fingerprint density at radius 3 is 1.78 bits per heavy atom. The fraction of sp³-hybridized carbons (Fsp3) is 1.00. The third kappa shape index (κ3) is 14.5. The van der Waals surface area contributed by atoms with E-state index in [1.165, 1.54) is 0 Å². The fourth-order valence-corrected chi connectivity index (χ4v) is 15.1. The second-order valence-electron chi connectivity index (χ2n) is 8.28. The van der Waals surface area contributed by atoms with Crippen molar-refractivity contribution < 1.29 is 23.2 Å². The van der Waals surface area contributed by atoms with Gasteiger partial charge in [0, 0.05) is 6.61 Å². The second-order valence-corrected chi connectivity index (χ2v) is 21.1. The first-order valence-corrected chi connectivity index (χ1v) is 18.0. The molecule has 1 unspecified atom stereocenters. The van der Waals surface area contributed by atoms with Crippen LogP contribution in [0.5, 0.6) is 0 Å². The van der Waals surface area contributed by atoms with E-state index in [4.69, 9.17) is 18.1 Å². The van der Waals surface area contributed by atoms with E-state index in [9.17, 15) is 5.11 Å². The van der Waals surface area contributed by atoms with Gasteiger partial charge in [-0.1, -0.05) is 12.8 Å².